The van der Waals surface area contributed by atoms with Gasteiger partial charge in [-0.05, 0) is 0 Å². The highest BCUT2D eigenvalue weighted by atomic mass is 32.2. The zero-order valence-corrected chi connectivity index (χ0v) is 12.6. The van der Waals surface area contributed by atoms with E-state index in [-0.39, 0.29) is 15.5 Å². The summed E-state index contributed by atoms with van der Waals surface area (Å²) in [5, 5.41) is 31.2. The van der Waals surface area contributed by atoms with Crippen molar-refractivity contribution in [2.45, 2.75) is 15.5 Å². The first kappa shape index (κ1) is 17.5. The molecule has 0 bridgehead atoms. The maximum Gasteiger partial charge on any atom is 0.192 e. The van der Waals surface area contributed by atoms with Crippen LogP contribution in [0.25, 0.3) is 0 Å². The lowest BCUT2D eigenvalue weighted by molar-refractivity contribution is -0.302. The van der Waals surface area contributed by atoms with Crippen molar-refractivity contribution in [3.05, 3.63) is 0 Å². The minimum absolute atomic E-state index is 0.0240. The van der Waals surface area contributed by atoms with Gasteiger partial charge in [-0.2, -0.15) is 15.0 Å². The molecule has 0 fully saturated rings. The number of carboxylic acid groups (broad SMARTS) is 3. The van der Waals surface area contributed by atoms with Crippen molar-refractivity contribution in [3.8, 4) is 0 Å². The summed E-state index contributed by atoms with van der Waals surface area (Å²) in [7, 11) is 0. The van der Waals surface area contributed by atoms with Crippen molar-refractivity contribution in [2.24, 2.45) is 0 Å². The van der Waals surface area contributed by atoms with E-state index < -0.39 is 35.2 Å². The van der Waals surface area contributed by atoms with Crippen LogP contribution in [-0.4, -0.2) is 50.1 Å². The molecule has 0 radical (unpaired) electrons. The number of carbonyl (C=O) groups excluding carboxylic acids is 3. The minimum Gasteiger partial charge on any atom is -0.549 e. The Morgan fingerprint density at radius 1 is 0.667 bits per heavy atom. The van der Waals surface area contributed by atoms with Gasteiger partial charge in [-0.15, -0.1) is 0 Å². The zero-order valence-electron chi connectivity index (χ0n) is 10.1. The summed E-state index contributed by atoms with van der Waals surface area (Å²) < 4.78 is 0. The molecule has 0 unspecified atom stereocenters. The molecule has 0 aromatic carbocycles. The molecule has 1 aromatic rings. The van der Waals surface area contributed by atoms with Crippen LogP contribution in [0.1, 0.15) is 0 Å². The topological polar surface area (TPSA) is 159 Å². The van der Waals surface area contributed by atoms with E-state index >= 15 is 0 Å². The third-order valence-corrected chi connectivity index (χ3v) is 3.99. The highest BCUT2D eigenvalue weighted by Crippen LogP contribution is 2.22. The Labute approximate surface area is 131 Å². The van der Waals surface area contributed by atoms with E-state index in [9.17, 15) is 29.7 Å². The number of hydrogen-bond donors (Lipinski definition) is 0. The fourth-order valence-corrected chi connectivity index (χ4v) is 2.70. The van der Waals surface area contributed by atoms with Gasteiger partial charge in [0, 0.05) is 17.3 Å². The Morgan fingerprint density at radius 2 is 0.905 bits per heavy atom. The maximum absolute atomic E-state index is 10.4. The summed E-state index contributed by atoms with van der Waals surface area (Å²) in [4.78, 5) is 42.7. The summed E-state index contributed by atoms with van der Waals surface area (Å²) in [6, 6.07) is 0. The second kappa shape index (κ2) is 8.69. The van der Waals surface area contributed by atoms with Crippen molar-refractivity contribution in [1.82, 2.24) is 15.0 Å². The van der Waals surface area contributed by atoms with Gasteiger partial charge in [0.15, 0.2) is 15.5 Å². The summed E-state index contributed by atoms with van der Waals surface area (Å²) >= 11 is 2.24. The lowest BCUT2D eigenvalue weighted by Gasteiger charge is -2.07. The van der Waals surface area contributed by atoms with Crippen LogP contribution in [0.4, 0.5) is 0 Å². The van der Waals surface area contributed by atoms with Crippen LogP contribution >= 0.6 is 35.3 Å². The standard InChI is InChI=1S/C9H9N3O6S3/c13-4(14)1-19-7-10-8(20-2-5(15)16)12-9(11-7)21-3-6(17)18/h1-3H2,(H,13,14)(H,15,16)(H,17,18)/p-3. The average molecular weight is 348 g/mol. The van der Waals surface area contributed by atoms with Crippen LogP contribution in [0.3, 0.4) is 0 Å². The van der Waals surface area contributed by atoms with Crippen LogP contribution in [-0.2, 0) is 14.4 Å². The van der Waals surface area contributed by atoms with E-state index in [2.05, 4.69) is 15.0 Å². The summed E-state index contributed by atoms with van der Waals surface area (Å²) in [6.45, 7) is 0. The SMILES string of the molecule is O=C([O-])CSc1nc(SCC(=O)[O-])nc(SCC(=O)[O-])n1. The van der Waals surface area contributed by atoms with E-state index in [0.717, 1.165) is 35.3 Å². The number of thioether (sulfide) groups is 3. The van der Waals surface area contributed by atoms with Crippen molar-refractivity contribution < 1.29 is 29.7 Å². The number of carboxylic acids is 3. The monoisotopic (exact) mass is 348 g/mol. The molecule has 1 aromatic heterocycles. The number of rotatable bonds is 9. The third-order valence-electron chi connectivity index (χ3n) is 1.53. The lowest BCUT2D eigenvalue weighted by atomic mass is 10.8. The van der Waals surface area contributed by atoms with Gasteiger partial charge >= 0.3 is 0 Å². The molecule has 0 N–H and O–H groups in total. The smallest absolute Gasteiger partial charge is 0.192 e. The van der Waals surface area contributed by atoms with Gasteiger partial charge in [0.2, 0.25) is 0 Å². The van der Waals surface area contributed by atoms with Crippen LogP contribution in [0.15, 0.2) is 15.5 Å². The molecule has 1 heterocycles. The van der Waals surface area contributed by atoms with Gasteiger partial charge in [-0.1, -0.05) is 35.3 Å². The predicted molar refractivity (Wildman–Crippen MR) is 67.0 cm³/mol. The largest absolute Gasteiger partial charge is 0.549 e. The molecular weight excluding hydrogens is 342 g/mol. The first-order chi connectivity index (χ1) is 9.86. The summed E-state index contributed by atoms with van der Waals surface area (Å²) in [5.41, 5.74) is 0. The van der Waals surface area contributed by atoms with E-state index in [0.29, 0.717) is 0 Å². The maximum atomic E-state index is 10.4. The molecule has 21 heavy (non-hydrogen) atoms. The molecule has 0 aliphatic heterocycles. The zero-order chi connectivity index (χ0) is 15.8. The molecule has 0 aliphatic rings. The fraction of sp³-hybridized carbons (Fsp3) is 0.333. The highest BCUT2D eigenvalue weighted by molar-refractivity contribution is 8.01. The Kier molecular flexibility index (Phi) is 7.25. The van der Waals surface area contributed by atoms with Crippen molar-refractivity contribution >= 4 is 53.2 Å². The molecule has 0 atom stereocenters. The number of aromatic nitrogens is 3. The fourth-order valence-electron chi connectivity index (χ4n) is 0.885. The van der Waals surface area contributed by atoms with Crippen molar-refractivity contribution in [3.63, 3.8) is 0 Å². The Hall–Kier alpha value is -1.53. The molecule has 0 spiro atoms. The van der Waals surface area contributed by atoms with Crippen molar-refractivity contribution in [1.29, 1.82) is 0 Å². The molecule has 0 saturated carbocycles. The quantitative estimate of drug-likeness (QED) is 0.404. The van der Waals surface area contributed by atoms with Gasteiger partial charge in [-0.25, -0.2) is 0 Å². The van der Waals surface area contributed by atoms with Gasteiger partial charge < -0.3 is 29.7 Å². The molecule has 9 nitrogen and oxygen atoms in total. The third kappa shape index (κ3) is 7.72. The van der Waals surface area contributed by atoms with E-state index in [1.807, 2.05) is 0 Å². The number of nitrogens with zero attached hydrogens (tertiary/aromatic N) is 3. The van der Waals surface area contributed by atoms with E-state index in [1.54, 1.807) is 0 Å². The molecule has 0 saturated heterocycles. The number of aliphatic carboxylic acids is 3. The minimum atomic E-state index is -1.33. The van der Waals surface area contributed by atoms with E-state index in [1.165, 1.54) is 0 Å². The number of carbonyl (C=O) groups is 3. The Balaban J connectivity index is 2.86. The second-order valence-electron chi connectivity index (χ2n) is 3.17. The second-order valence-corrected chi connectivity index (χ2v) is 5.99. The van der Waals surface area contributed by atoms with Gasteiger partial charge in [0.1, 0.15) is 0 Å². The van der Waals surface area contributed by atoms with Gasteiger partial charge in [0.25, 0.3) is 0 Å². The summed E-state index contributed by atoms with van der Waals surface area (Å²) in [6.07, 6.45) is 0. The summed E-state index contributed by atoms with van der Waals surface area (Å²) in [5.74, 6) is -5.19. The van der Waals surface area contributed by atoms with Crippen LogP contribution in [0.5, 0.6) is 0 Å². The van der Waals surface area contributed by atoms with Gasteiger partial charge in [0.05, 0.1) is 17.9 Å². The lowest BCUT2D eigenvalue weighted by Crippen LogP contribution is -2.25. The van der Waals surface area contributed by atoms with Crippen LogP contribution < -0.4 is 15.3 Å². The van der Waals surface area contributed by atoms with E-state index in [4.69, 9.17) is 0 Å². The van der Waals surface area contributed by atoms with Gasteiger partial charge in [-0.3, -0.25) is 0 Å². The van der Waals surface area contributed by atoms with Crippen LogP contribution in [0.2, 0.25) is 0 Å². The normalized spacial score (nSPS) is 10.3. The molecule has 114 valence electrons. The average Bonchev–Trinajstić information content (AvgIpc) is 2.40. The molecule has 12 heteroatoms. The Morgan fingerprint density at radius 3 is 1.10 bits per heavy atom. The highest BCUT2D eigenvalue weighted by Gasteiger charge is 2.09. The first-order valence-electron chi connectivity index (χ1n) is 5.11. The predicted octanol–water partition coefficient (Wildman–Crippen LogP) is -3.60. The van der Waals surface area contributed by atoms with Crippen LogP contribution in [0, 0.1) is 0 Å². The Bertz CT molecular complexity index is 467. The molecule has 0 amide bonds. The first-order valence-corrected chi connectivity index (χ1v) is 8.06. The van der Waals surface area contributed by atoms with Crippen molar-refractivity contribution in [2.75, 3.05) is 17.3 Å². The molecule has 1 rings (SSSR count). The number of hydrogen-bond acceptors (Lipinski definition) is 12. The molecule has 0 aliphatic carbocycles. The molecular formula is C9H6N3O6S3-3.